The fourth-order valence-electron chi connectivity index (χ4n) is 0. The third-order valence-corrected chi connectivity index (χ3v) is 2.15. The molecule has 0 aliphatic carbocycles. The Labute approximate surface area is 127 Å². The molecule has 2 N–H and O–H groups in total. The molecule has 78 valence electrons. The Bertz CT molecular complexity index is 272. The first kappa shape index (κ1) is 20.2. The Hall–Kier alpha value is 0.756. The Morgan fingerprint density at radius 1 is 1.43 bits per heavy atom. The van der Waals surface area contributed by atoms with Gasteiger partial charge in [0.15, 0.2) is 0 Å². The number of primary amides is 1. The molecule has 0 bridgehead atoms. The van der Waals surface area contributed by atoms with Gasteiger partial charge in [-0.3, -0.25) is 4.79 Å². The van der Waals surface area contributed by atoms with E-state index < -0.39 is 21.3 Å². The molecule has 0 radical (unpaired) electrons. The Morgan fingerprint density at radius 3 is 1.57 bits per heavy atom. The fourth-order valence-corrected chi connectivity index (χ4v) is 0. The predicted molar refractivity (Wildman–Crippen MR) is 48.8 cm³/mol. The van der Waals surface area contributed by atoms with Gasteiger partial charge in [-0.1, -0.05) is 6.58 Å². The molecule has 0 saturated heterocycles. The van der Waals surface area contributed by atoms with Gasteiger partial charge >= 0.3 is 51.4 Å². The van der Waals surface area contributed by atoms with E-state index in [2.05, 4.69) is 6.58 Å². The third kappa shape index (κ3) is 15.2. The van der Waals surface area contributed by atoms with Crippen LogP contribution < -0.4 is 57.1 Å². The topological polar surface area (TPSA) is 100 Å². The van der Waals surface area contributed by atoms with Gasteiger partial charge in [-0.05, 0) is 20.8 Å². The van der Waals surface area contributed by atoms with Crippen LogP contribution in [0.1, 0.15) is 20.8 Å². The standard InChI is InChI=1S/C4H7NO.C3H8O3S.K/c1-3(2)4(5)6;1-3(2)7(4,5)6;/h1H2,2H3,(H2,5,6);3H,1-2H3,(H,4,5,6);/q;;+1/p-1. The minimum Gasteiger partial charge on any atom is -0.748 e. The molecule has 0 aromatic carbocycles. The second kappa shape index (κ2) is 9.02. The zero-order chi connectivity index (χ0) is 11.2. The maximum Gasteiger partial charge on any atom is 1.00 e. The summed E-state index contributed by atoms with van der Waals surface area (Å²) in [6.07, 6.45) is 0. The van der Waals surface area contributed by atoms with Gasteiger partial charge in [0.1, 0.15) is 0 Å². The molecule has 0 aliphatic rings. The Kier molecular flexibility index (Phi) is 13.0. The third-order valence-electron chi connectivity index (χ3n) is 0.998. The van der Waals surface area contributed by atoms with Crippen molar-refractivity contribution in [2.75, 3.05) is 0 Å². The normalized spacial score (nSPS) is 9.50. The van der Waals surface area contributed by atoms with E-state index in [0.29, 0.717) is 5.57 Å². The van der Waals surface area contributed by atoms with Gasteiger partial charge < -0.3 is 10.3 Å². The van der Waals surface area contributed by atoms with Crippen LogP contribution in [-0.4, -0.2) is 24.1 Å². The quantitative estimate of drug-likeness (QED) is 0.319. The second-order valence-electron chi connectivity index (χ2n) is 2.69. The van der Waals surface area contributed by atoms with Gasteiger partial charge in [0.25, 0.3) is 0 Å². The molecular formula is C7H14KNO4S. The van der Waals surface area contributed by atoms with E-state index in [1.165, 1.54) is 13.8 Å². The molecule has 0 saturated carbocycles. The maximum atomic E-state index is 9.82. The number of carbonyl (C=O) groups is 1. The molecule has 0 atom stereocenters. The second-order valence-corrected chi connectivity index (χ2v) is 4.61. The van der Waals surface area contributed by atoms with Crippen LogP contribution in [0, 0.1) is 0 Å². The van der Waals surface area contributed by atoms with Crippen molar-refractivity contribution >= 4 is 16.0 Å². The molecule has 0 heterocycles. The molecule has 0 fully saturated rings. The van der Waals surface area contributed by atoms with Gasteiger partial charge in [-0.25, -0.2) is 8.42 Å². The molecule has 1 amide bonds. The average Bonchev–Trinajstić information content (AvgIpc) is 1.86. The van der Waals surface area contributed by atoms with Crippen molar-refractivity contribution in [3.8, 4) is 0 Å². The number of carbonyl (C=O) groups excluding carboxylic acids is 1. The van der Waals surface area contributed by atoms with E-state index >= 15 is 0 Å². The largest absolute Gasteiger partial charge is 1.00 e. The predicted octanol–water partition coefficient (Wildman–Crippen LogP) is -3.01. The van der Waals surface area contributed by atoms with Crippen LogP contribution in [0.5, 0.6) is 0 Å². The first-order chi connectivity index (χ1) is 5.59. The van der Waals surface area contributed by atoms with Crippen molar-refractivity contribution in [3.63, 3.8) is 0 Å². The van der Waals surface area contributed by atoms with Crippen LogP contribution in [0.15, 0.2) is 12.2 Å². The summed E-state index contributed by atoms with van der Waals surface area (Å²) in [5, 5.41) is -0.785. The van der Waals surface area contributed by atoms with E-state index in [0.717, 1.165) is 0 Å². The molecule has 5 nitrogen and oxygen atoms in total. The SMILES string of the molecule is C=C(C)C(N)=O.CC(C)S(=O)(=O)[O-].[K+]. The summed E-state index contributed by atoms with van der Waals surface area (Å²) in [6, 6.07) is 0. The summed E-state index contributed by atoms with van der Waals surface area (Å²) >= 11 is 0. The minimum atomic E-state index is -3.99. The minimum absolute atomic E-state index is 0. The van der Waals surface area contributed by atoms with Crippen molar-refractivity contribution in [2.45, 2.75) is 26.0 Å². The summed E-state index contributed by atoms with van der Waals surface area (Å²) in [5.41, 5.74) is 5.09. The zero-order valence-electron chi connectivity index (χ0n) is 8.90. The molecule has 0 aromatic rings. The van der Waals surface area contributed by atoms with E-state index in [-0.39, 0.29) is 51.4 Å². The summed E-state index contributed by atoms with van der Waals surface area (Å²) in [7, 11) is -3.99. The monoisotopic (exact) mass is 247 g/mol. The Morgan fingerprint density at radius 2 is 1.57 bits per heavy atom. The average molecular weight is 247 g/mol. The molecule has 0 aromatic heterocycles. The van der Waals surface area contributed by atoms with Gasteiger partial charge in [0.05, 0.1) is 10.1 Å². The number of rotatable bonds is 2. The number of nitrogens with two attached hydrogens (primary N) is 1. The zero-order valence-corrected chi connectivity index (χ0v) is 12.8. The van der Waals surface area contributed by atoms with E-state index in [4.69, 9.17) is 5.73 Å². The smallest absolute Gasteiger partial charge is 0.748 e. The molecular weight excluding hydrogens is 233 g/mol. The van der Waals surface area contributed by atoms with Crippen LogP contribution in [0.4, 0.5) is 0 Å². The maximum absolute atomic E-state index is 9.82. The molecule has 0 unspecified atom stereocenters. The number of amides is 1. The van der Waals surface area contributed by atoms with Gasteiger partial charge in [-0.2, -0.15) is 0 Å². The molecule has 0 aliphatic heterocycles. The summed E-state index contributed by atoms with van der Waals surface area (Å²) in [4.78, 5) is 9.82. The summed E-state index contributed by atoms with van der Waals surface area (Å²) in [5.74, 6) is -0.435. The number of hydrogen-bond donors (Lipinski definition) is 1. The van der Waals surface area contributed by atoms with Crippen molar-refractivity contribution < 1.29 is 69.1 Å². The van der Waals surface area contributed by atoms with Crippen molar-refractivity contribution in [1.29, 1.82) is 0 Å². The van der Waals surface area contributed by atoms with Crippen molar-refractivity contribution in [2.24, 2.45) is 5.73 Å². The summed E-state index contributed by atoms with van der Waals surface area (Å²) < 4.78 is 29.3. The molecule has 0 spiro atoms. The van der Waals surface area contributed by atoms with Crippen LogP contribution in [0.3, 0.4) is 0 Å². The van der Waals surface area contributed by atoms with Gasteiger partial charge in [0.2, 0.25) is 5.91 Å². The van der Waals surface area contributed by atoms with Crippen LogP contribution in [0.25, 0.3) is 0 Å². The van der Waals surface area contributed by atoms with Crippen molar-refractivity contribution in [1.82, 2.24) is 0 Å². The molecule has 7 heteroatoms. The van der Waals surface area contributed by atoms with E-state index in [9.17, 15) is 17.8 Å². The molecule has 0 rings (SSSR count). The van der Waals surface area contributed by atoms with Gasteiger partial charge in [-0.15, -0.1) is 0 Å². The van der Waals surface area contributed by atoms with E-state index in [1.54, 1.807) is 6.92 Å². The first-order valence-electron chi connectivity index (χ1n) is 3.49. The van der Waals surface area contributed by atoms with Crippen molar-refractivity contribution in [3.05, 3.63) is 12.2 Å². The fraction of sp³-hybridized carbons (Fsp3) is 0.571. The first-order valence-corrected chi connectivity index (χ1v) is 4.96. The number of hydrogen-bond acceptors (Lipinski definition) is 4. The van der Waals surface area contributed by atoms with E-state index in [1.807, 2.05) is 0 Å². The Balaban J connectivity index is -0.000000163. The van der Waals surface area contributed by atoms with Crippen LogP contribution in [0.2, 0.25) is 0 Å². The van der Waals surface area contributed by atoms with Crippen LogP contribution >= 0.6 is 0 Å². The van der Waals surface area contributed by atoms with Gasteiger partial charge in [0, 0.05) is 10.8 Å². The van der Waals surface area contributed by atoms with Crippen LogP contribution in [-0.2, 0) is 14.9 Å². The molecule has 14 heavy (non-hydrogen) atoms. The summed E-state index contributed by atoms with van der Waals surface area (Å²) in [6.45, 7) is 7.55.